The van der Waals surface area contributed by atoms with Crippen LogP contribution < -0.4 is 0 Å². The second-order valence-electron chi connectivity index (χ2n) is 6.88. The van der Waals surface area contributed by atoms with Crippen LogP contribution in [-0.2, 0) is 11.3 Å². The standard InChI is InChI=1S/C19H27N3O/c1-4-7-16-12-22(13-18(16)20(2)3)19(23)14-21-11-10-15-8-5-6-9-17(15)21/h5-6,8-11,16,18H,4,7,12-14H2,1-3H3/t16-,18-/m1/s1. The maximum atomic E-state index is 12.8. The Morgan fingerprint density at radius 2 is 2.00 bits per heavy atom. The molecule has 1 fully saturated rings. The number of benzene rings is 1. The van der Waals surface area contributed by atoms with Crippen molar-refractivity contribution < 1.29 is 4.79 Å². The van der Waals surface area contributed by atoms with Crippen molar-refractivity contribution in [3.63, 3.8) is 0 Å². The molecule has 0 bridgehead atoms. The fraction of sp³-hybridized carbons (Fsp3) is 0.526. The van der Waals surface area contributed by atoms with Crippen molar-refractivity contribution in [3.8, 4) is 0 Å². The molecule has 1 aromatic heterocycles. The van der Waals surface area contributed by atoms with E-state index in [9.17, 15) is 4.79 Å². The van der Waals surface area contributed by atoms with Gasteiger partial charge in [-0.1, -0.05) is 31.5 Å². The molecule has 2 aromatic rings. The Kier molecular flexibility index (Phi) is 4.71. The van der Waals surface area contributed by atoms with Crippen LogP contribution in [0.3, 0.4) is 0 Å². The molecule has 23 heavy (non-hydrogen) atoms. The van der Waals surface area contributed by atoms with Crippen LogP contribution in [0.2, 0.25) is 0 Å². The van der Waals surface area contributed by atoms with Gasteiger partial charge in [-0.3, -0.25) is 4.79 Å². The first-order valence-corrected chi connectivity index (χ1v) is 8.58. The summed E-state index contributed by atoms with van der Waals surface area (Å²) in [5.74, 6) is 0.831. The highest BCUT2D eigenvalue weighted by molar-refractivity contribution is 5.83. The summed E-state index contributed by atoms with van der Waals surface area (Å²) in [6.45, 7) is 4.42. The van der Waals surface area contributed by atoms with Crippen molar-refractivity contribution in [3.05, 3.63) is 36.5 Å². The van der Waals surface area contributed by atoms with Crippen LogP contribution in [0.5, 0.6) is 0 Å². The summed E-state index contributed by atoms with van der Waals surface area (Å²) in [7, 11) is 4.25. The Labute approximate surface area is 138 Å². The lowest BCUT2D eigenvalue weighted by atomic mass is 9.98. The van der Waals surface area contributed by atoms with Gasteiger partial charge in [-0.05, 0) is 44.0 Å². The second kappa shape index (κ2) is 6.75. The molecule has 3 rings (SSSR count). The third-order valence-corrected chi connectivity index (χ3v) is 5.07. The Morgan fingerprint density at radius 1 is 1.22 bits per heavy atom. The molecule has 0 N–H and O–H groups in total. The number of amides is 1. The molecule has 1 aromatic carbocycles. The highest BCUT2D eigenvalue weighted by Gasteiger charge is 2.35. The lowest BCUT2D eigenvalue weighted by Gasteiger charge is -2.24. The quantitative estimate of drug-likeness (QED) is 0.849. The van der Waals surface area contributed by atoms with E-state index in [1.54, 1.807) is 0 Å². The number of nitrogens with zero attached hydrogens (tertiary/aromatic N) is 3. The Balaban J connectivity index is 1.71. The van der Waals surface area contributed by atoms with Crippen LogP contribution in [-0.4, -0.2) is 53.5 Å². The van der Waals surface area contributed by atoms with Gasteiger partial charge in [-0.15, -0.1) is 0 Å². The number of aromatic nitrogens is 1. The first-order chi connectivity index (χ1) is 11.1. The molecule has 1 aliphatic rings. The molecule has 0 aliphatic carbocycles. The van der Waals surface area contributed by atoms with Crippen LogP contribution in [0.25, 0.3) is 10.9 Å². The summed E-state index contributed by atoms with van der Waals surface area (Å²) >= 11 is 0. The van der Waals surface area contributed by atoms with Crippen molar-refractivity contribution in [2.45, 2.75) is 32.4 Å². The van der Waals surface area contributed by atoms with Gasteiger partial charge in [-0.2, -0.15) is 0 Å². The molecule has 124 valence electrons. The minimum Gasteiger partial charge on any atom is -0.339 e. The van der Waals surface area contributed by atoms with E-state index in [-0.39, 0.29) is 5.91 Å². The van der Waals surface area contributed by atoms with Gasteiger partial charge in [0.1, 0.15) is 6.54 Å². The van der Waals surface area contributed by atoms with E-state index < -0.39 is 0 Å². The van der Waals surface area contributed by atoms with Gasteiger partial charge >= 0.3 is 0 Å². The topological polar surface area (TPSA) is 28.5 Å². The fourth-order valence-corrected chi connectivity index (χ4v) is 3.82. The molecular weight excluding hydrogens is 286 g/mol. The molecule has 0 unspecified atom stereocenters. The molecule has 1 amide bonds. The molecule has 4 nitrogen and oxygen atoms in total. The Hall–Kier alpha value is -1.81. The number of rotatable bonds is 5. The molecule has 0 radical (unpaired) electrons. The lowest BCUT2D eigenvalue weighted by molar-refractivity contribution is -0.131. The maximum Gasteiger partial charge on any atom is 0.242 e. The minimum absolute atomic E-state index is 0.233. The molecule has 0 saturated carbocycles. The number of hydrogen-bond donors (Lipinski definition) is 0. The zero-order chi connectivity index (χ0) is 16.4. The zero-order valence-electron chi connectivity index (χ0n) is 14.4. The molecule has 2 atom stereocenters. The molecular formula is C19H27N3O. The molecule has 2 heterocycles. The van der Waals surface area contributed by atoms with Crippen LogP contribution >= 0.6 is 0 Å². The summed E-state index contributed by atoms with van der Waals surface area (Å²) in [5, 5.41) is 1.19. The van der Waals surface area contributed by atoms with Crippen LogP contribution in [0.15, 0.2) is 36.5 Å². The Morgan fingerprint density at radius 3 is 2.74 bits per heavy atom. The van der Waals surface area contributed by atoms with Gasteiger partial charge in [0.15, 0.2) is 0 Å². The van der Waals surface area contributed by atoms with E-state index in [0.717, 1.165) is 18.6 Å². The zero-order valence-corrected chi connectivity index (χ0v) is 14.4. The SMILES string of the molecule is CCC[C@@H]1CN(C(=O)Cn2ccc3ccccc32)C[C@H]1N(C)C. The third-order valence-electron chi connectivity index (χ3n) is 5.07. The smallest absolute Gasteiger partial charge is 0.242 e. The van der Waals surface area contributed by atoms with Crippen LogP contribution in [0.1, 0.15) is 19.8 Å². The maximum absolute atomic E-state index is 12.8. The van der Waals surface area contributed by atoms with Gasteiger partial charge in [0.2, 0.25) is 5.91 Å². The summed E-state index contributed by atoms with van der Waals surface area (Å²) in [6.07, 6.45) is 4.39. The minimum atomic E-state index is 0.233. The van der Waals surface area contributed by atoms with E-state index in [0.29, 0.717) is 18.5 Å². The van der Waals surface area contributed by atoms with Gasteiger partial charge in [-0.25, -0.2) is 0 Å². The summed E-state index contributed by atoms with van der Waals surface area (Å²) in [4.78, 5) is 17.1. The number of hydrogen-bond acceptors (Lipinski definition) is 2. The van der Waals surface area contributed by atoms with Gasteiger partial charge in [0, 0.05) is 30.8 Å². The first-order valence-electron chi connectivity index (χ1n) is 8.58. The monoisotopic (exact) mass is 313 g/mol. The predicted molar refractivity (Wildman–Crippen MR) is 94.4 cm³/mol. The third kappa shape index (κ3) is 3.27. The van der Waals surface area contributed by atoms with E-state index >= 15 is 0 Å². The fourth-order valence-electron chi connectivity index (χ4n) is 3.82. The first kappa shape index (κ1) is 16.1. The number of para-hydroxylation sites is 1. The molecule has 1 saturated heterocycles. The van der Waals surface area contributed by atoms with Gasteiger partial charge in [0.05, 0.1) is 0 Å². The highest BCUT2D eigenvalue weighted by atomic mass is 16.2. The van der Waals surface area contributed by atoms with E-state index in [2.05, 4.69) is 53.6 Å². The van der Waals surface area contributed by atoms with E-state index in [4.69, 9.17) is 0 Å². The number of likely N-dealkylation sites (tertiary alicyclic amines) is 1. The highest BCUT2D eigenvalue weighted by Crippen LogP contribution is 2.25. The molecule has 1 aliphatic heterocycles. The second-order valence-corrected chi connectivity index (χ2v) is 6.88. The average Bonchev–Trinajstić information content (AvgIpc) is 3.13. The predicted octanol–water partition coefficient (Wildman–Crippen LogP) is 2.83. The van der Waals surface area contributed by atoms with Crippen molar-refractivity contribution in [1.29, 1.82) is 0 Å². The van der Waals surface area contributed by atoms with Crippen LogP contribution in [0.4, 0.5) is 0 Å². The van der Waals surface area contributed by atoms with Crippen molar-refractivity contribution >= 4 is 16.8 Å². The number of carbonyl (C=O) groups excluding carboxylic acids is 1. The van der Waals surface area contributed by atoms with E-state index in [1.165, 1.54) is 18.2 Å². The number of likely N-dealkylation sites (N-methyl/N-ethyl adjacent to an activating group) is 1. The van der Waals surface area contributed by atoms with Gasteiger partial charge < -0.3 is 14.4 Å². The number of fused-ring (bicyclic) bond motifs is 1. The van der Waals surface area contributed by atoms with Crippen molar-refractivity contribution in [2.24, 2.45) is 5.92 Å². The normalized spacial score (nSPS) is 21.5. The van der Waals surface area contributed by atoms with Crippen molar-refractivity contribution in [2.75, 3.05) is 27.2 Å². The summed E-state index contributed by atoms with van der Waals surface area (Å²) < 4.78 is 2.06. The summed E-state index contributed by atoms with van der Waals surface area (Å²) in [6, 6.07) is 10.8. The van der Waals surface area contributed by atoms with Crippen LogP contribution in [0, 0.1) is 5.92 Å². The van der Waals surface area contributed by atoms with Crippen molar-refractivity contribution in [1.82, 2.24) is 14.4 Å². The molecule has 0 spiro atoms. The molecule has 4 heteroatoms. The largest absolute Gasteiger partial charge is 0.339 e. The summed E-state index contributed by atoms with van der Waals surface area (Å²) in [5.41, 5.74) is 1.13. The van der Waals surface area contributed by atoms with E-state index in [1.807, 2.05) is 18.3 Å². The van der Waals surface area contributed by atoms with Gasteiger partial charge in [0.25, 0.3) is 0 Å². The average molecular weight is 313 g/mol. The Bertz CT molecular complexity index is 676. The number of carbonyl (C=O) groups is 1. The lowest BCUT2D eigenvalue weighted by Crippen LogP contribution is -2.37.